The number of carbonyl (C=O) groups excluding carboxylic acids is 1. The van der Waals surface area contributed by atoms with Crippen LogP contribution in [0.15, 0.2) is 48.5 Å². The first kappa shape index (κ1) is 21.8. The third-order valence-corrected chi connectivity index (χ3v) is 6.82. The van der Waals surface area contributed by atoms with Crippen molar-refractivity contribution in [1.29, 1.82) is 0 Å². The summed E-state index contributed by atoms with van der Waals surface area (Å²) in [5.74, 6) is -1.11. The lowest BCUT2D eigenvalue weighted by atomic mass is 10.2. The lowest BCUT2D eigenvalue weighted by Gasteiger charge is -2.26. The summed E-state index contributed by atoms with van der Waals surface area (Å²) in [7, 11) is -1.28. The predicted octanol–water partition coefficient (Wildman–Crippen LogP) is 2.90. The van der Waals surface area contributed by atoms with Crippen molar-refractivity contribution in [3.63, 3.8) is 0 Å². The maximum absolute atomic E-state index is 13.2. The lowest BCUT2D eigenvalue weighted by molar-refractivity contribution is -0.114. The summed E-state index contributed by atoms with van der Waals surface area (Å²) < 4.78 is 40.5. The van der Waals surface area contributed by atoms with E-state index in [1.807, 2.05) is 31.2 Å². The van der Waals surface area contributed by atoms with Crippen LogP contribution in [0.2, 0.25) is 0 Å². The van der Waals surface area contributed by atoms with Crippen molar-refractivity contribution < 1.29 is 17.6 Å². The molecule has 0 unspecified atom stereocenters. The second kappa shape index (κ2) is 8.86. The summed E-state index contributed by atoms with van der Waals surface area (Å²) in [5.41, 5.74) is 2.14. The summed E-state index contributed by atoms with van der Waals surface area (Å²) in [6.07, 6.45) is 0. The Morgan fingerprint density at radius 3 is 2.30 bits per heavy atom. The molecule has 0 aliphatic heterocycles. The number of hydrogen-bond acceptors (Lipinski definition) is 6. The molecular weight excluding hydrogens is 429 g/mol. The van der Waals surface area contributed by atoms with Crippen molar-refractivity contribution >= 4 is 38.3 Å². The second-order valence-corrected chi connectivity index (χ2v) is 9.64. The molecule has 0 aliphatic rings. The Bertz CT molecular complexity index is 1130. The van der Waals surface area contributed by atoms with Gasteiger partial charge in [-0.05, 0) is 31.2 Å². The van der Waals surface area contributed by atoms with E-state index in [1.165, 1.54) is 37.6 Å². The number of halogens is 1. The lowest BCUT2D eigenvalue weighted by Crippen LogP contribution is -2.44. The fourth-order valence-corrected chi connectivity index (χ4v) is 4.31. The molecule has 2 aromatic carbocycles. The SMILES string of the molecule is Cc1ccc(-c2nnc(NC(=O)CN(c3ccc(F)cc3)S(=O)(=O)N(C)C)s2)cc1. The molecule has 0 aliphatic carbocycles. The van der Waals surface area contributed by atoms with Crippen molar-refractivity contribution in [2.45, 2.75) is 6.92 Å². The molecule has 0 bridgehead atoms. The normalized spacial score (nSPS) is 11.5. The first-order chi connectivity index (χ1) is 14.2. The Morgan fingerprint density at radius 2 is 1.70 bits per heavy atom. The number of hydrogen-bond donors (Lipinski definition) is 1. The topological polar surface area (TPSA) is 95.5 Å². The average Bonchev–Trinajstić information content (AvgIpc) is 3.15. The zero-order valence-electron chi connectivity index (χ0n) is 16.5. The van der Waals surface area contributed by atoms with E-state index in [0.717, 1.165) is 31.9 Å². The standard InChI is InChI=1S/C19H20FN5O3S2/c1-13-4-6-14(7-5-13)18-22-23-19(29-18)21-17(26)12-25(30(27,28)24(2)3)16-10-8-15(20)9-11-16/h4-11H,12H2,1-3H3,(H,21,23,26). The number of carbonyl (C=O) groups is 1. The molecule has 0 saturated heterocycles. The Kier molecular flexibility index (Phi) is 6.44. The minimum atomic E-state index is -3.98. The average molecular weight is 450 g/mol. The molecule has 0 fully saturated rings. The van der Waals surface area contributed by atoms with Gasteiger partial charge in [-0.3, -0.25) is 10.1 Å². The van der Waals surface area contributed by atoms with Gasteiger partial charge in [0.05, 0.1) is 5.69 Å². The smallest absolute Gasteiger partial charge is 0.299 e. The maximum atomic E-state index is 13.2. The Hall–Kier alpha value is -2.89. The molecule has 3 aromatic rings. The molecule has 30 heavy (non-hydrogen) atoms. The van der Waals surface area contributed by atoms with E-state index in [2.05, 4.69) is 15.5 Å². The number of benzene rings is 2. The molecule has 1 amide bonds. The van der Waals surface area contributed by atoms with Crippen molar-refractivity contribution in [2.75, 3.05) is 30.3 Å². The van der Waals surface area contributed by atoms with E-state index in [1.54, 1.807) is 0 Å². The summed E-state index contributed by atoms with van der Waals surface area (Å²) in [4.78, 5) is 12.6. The third kappa shape index (κ3) is 4.99. The van der Waals surface area contributed by atoms with Gasteiger partial charge in [-0.25, -0.2) is 8.70 Å². The summed E-state index contributed by atoms with van der Waals surface area (Å²) >= 11 is 1.18. The number of nitrogens with one attached hydrogen (secondary N) is 1. The van der Waals surface area contributed by atoms with Gasteiger partial charge in [0, 0.05) is 19.7 Å². The molecule has 158 valence electrons. The van der Waals surface area contributed by atoms with Gasteiger partial charge in [-0.2, -0.15) is 12.7 Å². The summed E-state index contributed by atoms with van der Waals surface area (Å²) in [5, 5.41) is 11.5. The van der Waals surface area contributed by atoms with Gasteiger partial charge >= 0.3 is 10.2 Å². The molecule has 3 rings (SSSR count). The van der Waals surface area contributed by atoms with Crippen LogP contribution in [-0.2, 0) is 15.0 Å². The van der Waals surface area contributed by atoms with Gasteiger partial charge in [0.15, 0.2) is 0 Å². The van der Waals surface area contributed by atoms with Gasteiger partial charge in [-0.1, -0.05) is 41.2 Å². The molecule has 0 saturated carbocycles. The van der Waals surface area contributed by atoms with E-state index in [4.69, 9.17) is 0 Å². The van der Waals surface area contributed by atoms with Crippen LogP contribution in [0.5, 0.6) is 0 Å². The molecular formula is C19H20FN5O3S2. The number of nitrogens with zero attached hydrogens (tertiary/aromatic N) is 4. The van der Waals surface area contributed by atoms with E-state index in [9.17, 15) is 17.6 Å². The van der Waals surface area contributed by atoms with E-state index >= 15 is 0 Å². The fraction of sp³-hybridized carbons (Fsp3) is 0.211. The number of aryl methyl sites for hydroxylation is 1. The largest absolute Gasteiger partial charge is 0.304 e. The highest BCUT2D eigenvalue weighted by molar-refractivity contribution is 7.90. The third-order valence-electron chi connectivity index (χ3n) is 4.11. The predicted molar refractivity (Wildman–Crippen MR) is 115 cm³/mol. The van der Waals surface area contributed by atoms with Crippen LogP contribution in [0.4, 0.5) is 15.2 Å². The molecule has 0 atom stereocenters. The molecule has 1 heterocycles. The van der Waals surface area contributed by atoms with E-state index in [-0.39, 0.29) is 10.8 Å². The van der Waals surface area contributed by atoms with E-state index in [0.29, 0.717) is 5.01 Å². The monoisotopic (exact) mass is 449 g/mol. The van der Waals surface area contributed by atoms with Gasteiger partial charge < -0.3 is 0 Å². The zero-order chi connectivity index (χ0) is 21.9. The Morgan fingerprint density at radius 1 is 1.07 bits per heavy atom. The van der Waals surface area contributed by atoms with Gasteiger partial charge in [0.1, 0.15) is 17.4 Å². The Labute approximate surface area is 178 Å². The minimum absolute atomic E-state index is 0.165. The molecule has 8 nitrogen and oxygen atoms in total. The van der Waals surface area contributed by atoms with Crippen LogP contribution >= 0.6 is 11.3 Å². The first-order valence-corrected chi connectivity index (χ1v) is 11.0. The van der Waals surface area contributed by atoms with E-state index < -0.39 is 28.5 Å². The van der Waals surface area contributed by atoms with Crippen molar-refractivity contribution in [2.24, 2.45) is 0 Å². The maximum Gasteiger partial charge on any atom is 0.304 e. The fourth-order valence-electron chi connectivity index (χ4n) is 2.49. The minimum Gasteiger partial charge on any atom is -0.299 e. The zero-order valence-corrected chi connectivity index (χ0v) is 18.2. The van der Waals surface area contributed by atoms with Crippen LogP contribution < -0.4 is 9.62 Å². The van der Waals surface area contributed by atoms with Gasteiger partial charge in [0.25, 0.3) is 0 Å². The molecule has 11 heteroatoms. The molecule has 1 N–H and O–H groups in total. The number of rotatable bonds is 7. The van der Waals surface area contributed by atoms with Crippen LogP contribution in [0.25, 0.3) is 10.6 Å². The van der Waals surface area contributed by atoms with Crippen LogP contribution in [0.3, 0.4) is 0 Å². The summed E-state index contributed by atoms with van der Waals surface area (Å²) in [6.45, 7) is 1.47. The highest BCUT2D eigenvalue weighted by Gasteiger charge is 2.27. The van der Waals surface area contributed by atoms with Crippen molar-refractivity contribution in [3.05, 3.63) is 59.9 Å². The van der Waals surface area contributed by atoms with Gasteiger partial charge in [-0.15, -0.1) is 10.2 Å². The van der Waals surface area contributed by atoms with Crippen LogP contribution in [-0.4, -0.2) is 49.5 Å². The number of aromatic nitrogens is 2. The number of amides is 1. The molecule has 0 radical (unpaired) electrons. The van der Waals surface area contributed by atoms with Crippen molar-refractivity contribution in [1.82, 2.24) is 14.5 Å². The quantitative estimate of drug-likeness (QED) is 0.598. The van der Waals surface area contributed by atoms with Crippen molar-refractivity contribution in [3.8, 4) is 10.6 Å². The highest BCUT2D eigenvalue weighted by atomic mass is 32.2. The van der Waals surface area contributed by atoms with Gasteiger partial charge in [0.2, 0.25) is 11.0 Å². The first-order valence-electron chi connectivity index (χ1n) is 8.83. The summed E-state index contributed by atoms with van der Waals surface area (Å²) in [6, 6.07) is 12.5. The highest BCUT2D eigenvalue weighted by Crippen LogP contribution is 2.27. The molecule has 0 spiro atoms. The van der Waals surface area contributed by atoms with Crippen LogP contribution in [0, 0.1) is 12.7 Å². The second-order valence-electron chi connectivity index (χ2n) is 6.60. The molecule has 1 aromatic heterocycles. The van der Waals surface area contributed by atoms with Crippen LogP contribution in [0.1, 0.15) is 5.56 Å². The Balaban J connectivity index is 1.78. The number of anilines is 2.